The van der Waals surface area contributed by atoms with Crippen LogP contribution in [0.25, 0.3) is 0 Å². The Morgan fingerprint density at radius 1 is 1.67 bits per heavy atom. The Hall–Kier alpha value is -0.390. The molecule has 0 aromatic carbocycles. The molecule has 0 radical (unpaired) electrons. The van der Waals surface area contributed by atoms with E-state index in [0.717, 1.165) is 10.2 Å². The number of aliphatic hydroxyl groups is 1. The normalized spacial score (nSPS) is 15.7. The first-order valence-corrected chi connectivity index (χ1v) is 5.85. The maximum absolute atomic E-state index is 10.3. The maximum Gasteiger partial charge on any atom is 0.106 e. The van der Waals surface area contributed by atoms with Crippen molar-refractivity contribution in [2.45, 2.75) is 38.8 Å². The van der Waals surface area contributed by atoms with Crippen molar-refractivity contribution in [2.24, 2.45) is 5.73 Å². The minimum atomic E-state index is -0.936. The summed E-state index contributed by atoms with van der Waals surface area (Å²) in [4.78, 5) is 0. The molecule has 86 valence electrons. The van der Waals surface area contributed by atoms with Crippen molar-refractivity contribution < 1.29 is 5.11 Å². The third-order valence-electron chi connectivity index (χ3n) is 2.38. The van der Waals surface area contributed by atoms with Gasteiger partial charge in [-0.2, -0.15) is 5.10 Å². The average molecular weight is 276 g/mol. The Morgan fingerprint density at radius 2 is 2.27 bits per heavy atom. The molecule has 15 heavy (non-hydrogen) atoms. The highest BCUT2D eigenvalue weighted by Gasteiger charge is 2.30. The van der Waals surface area contributed by atoms with Crippen LogP contribution in [0, 0.1) is 0 Å². The number of nitrogens with two attached hydrogens (primary N) is 1. The van der Waals surface area contributed by atoms with E-state index in [2.05, 4.69) is 21.0 Å². The minimum absolute atomic E-state index is 0.218. The smallest absolute Gasteiger partial charge is 0.106 e. The van der Waals surface area contributed by atoms with Crippen molar-refractivity contribution in [1.29, 1.82) is 0 Å². The lowest BCUT2D eigenvalue weighted by molar-refractivity contribution is 0.0389. The van der Waals surface area contributed by atoms with Gasteiger partial charge in [0.05, 0.1) is 16.4 Å². The van der Waals surface area contributed by atoms with Gasteiger partial charge < -0.3 is 10.8 Å². The molecule has 1 aromatic rings. The highest BCUT2D eigenvalue weighted by molar-refractivity contribution is 9.10. The molecule has 0 saturated carbocycles. The molecule has 1 rings (SSSR count). The van der Waals surface area contributed by atoms with Gasteiger partial charge in [0.25, 0.3) is 0 Å². The highest BCUT2D eigenvalue weighted by atomic mass is 79.9. The fourth-order valence-electron chi connectivity index (χ4n) is 1.64. The summed E-state index contributed by atoms with van der Waals surface area (Å²) in [6.07, 6.45) is 2.23. The van der Waals surface area contributed by atoms with Gasteiger partial charge in [0.2, 0.25) is 0 Å². The molecule has 0 saturated heterocycles. The predicted octanol–water partition coefficient (Wildman–Crippen LogP) is 1.78. The van der Waals surface area contributed by atoms with E-state index >= 15 is 0 Å². The molecule has 0 aliphatic heterocycles. The molecule has 0 fully saturated rings. The summed E-state index contributed by atoms with van der Waals surface area (Å²) in [6, 6.07) is 0.218. The van der Waals surface area contributed by atoms with Crippen LogP contribution in [0.5, 0.6) is 0 Å². The lowest BCUT2D eigenvalue weighted by atomic mass is 9.98. The zero-order valence-corrected chi connectivity index (χ0v) is 11.0. The van der Waals surface area contributed by atoms with Crippen molar-refractivity contribution in [3.8, 4) is 0 Å². The summed E-state index contributed by atoms with van der Waals surface area (Å²) >= 11 is 3.41. The number of aromatic nitrogens is 2. The molecule has 0 aliphatic rings. The van der Waals surface area contributed by atoms with E-state index in [9.17, 15) is 5.11 Å². The molecule has 3 N–H and O–H groups in total. The molecule has 1 atom stereocenters. The molecule has 0 aliphatic carbocycles. The predicted molar refractivity (Wildman–Crippen MR) is 63.6 cm³/mol. The van der Waals surface area contributed by atoms with Gasteiger partial charge in [-0.05, 0) is 49.7 Å². The second-order valence-electron chi connectivity index (χ2n) is 4.19. The van der Waals surface area contributed by atoms with Gasteiger partial charge in [0.15, 0.2) is 0 Å². The lowest BCUT2D eigenvalue weighted by Gasteiger charge is -2.25. The number of rotatable bonds is 4. The standard InChI is InChI=1S/C10H18BrN3O/c1-7(2)14-9(8(11)6-13-14)10(3,15)4-5-12/h6-7,15H,4-5,12H2,1-3H3. The Kier molecular flexibility index (Phi) is 3.92. The zero-order chi connectivity index (χ0) is 11.6. The van der Waals surface area contributed by atoms with Crippen LogP contribution in [-0.2, 0) is 5.60 Å². The summed E-state index contributed by atoms with van der Waals surface area (Å²) in [6.45, 7) is 6.27. The maximum atomic E-state index is 10.3. The van der Waals surface area contributed by atoms with Crippen LogP contribution < -0.4 is 5.73 Å². The zero-order valence-electron chi connectivity index (χ0n) is 9.37. The largest absolute Gasteiger partial charge is 0.384 e. The third-order valence-corrected chi connectivity index (χ3v) is 2.96. The fraction of sp³-hybridized carbons (Fsp3) is 0.700. The Balaban J connectivity index is 3.16. The quantitative estimate of drug-likeness (QED) is 0.881. The van der Waals surface area contributed by atoms with E-state index in [1.54, 1.807) is 13.1 Å². The van der Waals surface area contributed by atoms with Gasteiger partial charge in [-0.25, -0.2) is 0 Å². The summed E-state index contributed by atoms with van der Waals surface area (Å²) < 4.78 is 2.65. The first kappa shape index (κ1) is 12.7. The molecular weight excluding hydrogens is 258 g/mol. The van der Waals surface area contributed by atoms with E-state index in [1.807, 2.05) is 18.5 Å². The Labute approximate surface area is 98.6 Å². The van der Waals surface area contributed by atoms with Crippen LogP contribution in [0.1, 0.15) is 38.9 Å². The molecule has 0 bridgehead atoms. The number of hydrogen-bond acceptors (Lipinski definition) is 3. The van der Waals surface area contributed by atoms with Crippen molar-refractivity contribution >= 4 is 15.9 Å². The number of hydrogen-bond donors (Lipinski definition) is 2. The first-order valence-electron chi connectivity index (χ1n) is 5.06. The summed E-state index contributed by atoms with van der Waals surface area (Å²) in [7, 11) is 0. The molecule has 0 amide bonds. The molecule has 5 heteroatoms. The van der Waals surface area contributed by atoms with Gasteiger partial charge in [-0.15, -0.1) is 0 Å². The molecule has 1 aromatic heterocycles. The lowest BCUT2D eigenvalue weighted by Crippen LogP contribution is -2.29. The molecule has 0 spiro atoms. The van der Waals surface area contributed by atoms with Crippen LogP contribution in [0.15, 0.2) is 10.7 Å². The summed E-state index contributed by atoms with van der Waals surface area (Å²) in [5.74, 6) is 0. The Morgan fingerprint density at radius 3 is 2.73 bits per heavy atom. The van der Waals surface area contributed by atoms with E-state index in [4.69, 9.17) is 5.73 Å². The summed E-state index contributed by atoms with van der Waals surface area (Å²) in [5, 5.41) is 14.5. The topological polar surface area (TPSA) is 64.1 Å². The second-order valence-corrected chi connectivity index (χ2v) is 5.05. The van der Waals surface area contributed by atoms with E-state index in [1.165, 1.54) is 0 Å². The molecular formula is C10H18BrN3O. The molecule has 4 nitrogen and oxygen atoms in total. The molecule has 1 unspecified atom stereocenters. The second kappa shape index (κ2) is 4.63. The minimum Gasteiger partial charge on any atom is -0.384 e. The van der Waals surface area contributed by atoms with E-state index < -0.39 is 5.60 Å². The Bertz CT molecular complexity index is 333. The van der Waals surface area contributed by atoms with Gasteiger partial charge in [-0.3, -0.25) is 4.68 Å². The summed E-state index contributed by atoms with van der Waals surface area (Å²) in [5.41, 5.74) is 5.35. The van der Waals surface area contributed by atoms with E-state index in [-0.39, 0.29) is 6.04 Å². The highest BCUT2D eigenvalue weighted by Crippen LogP contribution is 2.32. The van der Waals surface area contributed by atoms with E-state index in [0.29, 0.717) is 13.0 Å². The number of nitrogens with zero attached hydrogens (tertiary/aromatic N) is 2. The van der Waals surface area contributed by atoms with Gasteiger partial charge >= 0.3 is 0 Å². The van der Waals surface area contributed by atoms with Crippen LogP contribution in [-0.4, -0.2) is 21.4 Å². The van der Waals surface area contributed by atoms with Crippen molar-refractivity contribution in [1.82, 2.24) is 9.78 Å². The fourth-order valence-corrected chi connectivity index (χ4v) is 2.34. The monoisotopic (exact) mass is 275 g/mol. The van der Waals surface area contributed by atoms with Crippen LogP contribution in [0.4, 0.5) is 0 Å². The first-order chi connectivity index (χ1) is 6.90. The van der Waals surface area contributed by atoms with Gasteiger partial charge in [-0.1, -0.05) is 0 Å². The van der Waals surface area contributed by atoms with Crippen molar-refractivity contribution in [3.05, 3.63) is 16.4 Å². The van der Waals surface area contributed by atoms with Gasteiger partial charge in [0.1, 0.15) is 5.60 Å². The number of halogens is 1. The van der Waals surface area contributed by atoms with Crippen LogP contribution in [0.3, 0.4) is 0 Å². The van der Waals surface area contributed by atoms with Crippen LogP contribution in [0.2, 0.25) is 0 Å². The van der Waals surface area contributed by atoms with Gasteiger partial charge in [0, 0.05) is 6.04 Å². The molecule has 1 heterocycles. The third kappa shape index (κ3) is 2.59. The van der Waals surface area contributed by atoms with Crippen molar-refractivity contribution in [2.75, 3.05) is 6.54 Å². The SMILES string of the molecule is CC(C)n1ncc(Br)c1C(C)(O)CCN. The van der Waals surface area contributed by atoms with Crippen LogP contribution >= 0.6 is 15.9 Å². The van der Waals surface area contributed by atoms with Crippen molar-refractivity contribution in [3.63, 3.8) is 0 Å². The average Bonchev–Trinajstić information content (AvgIpc) is 2.47.